The third-order valence-electron chi connectivity index (χ3n) is 3.93. The highest BCUT2D eigenvalue weighted by atomic mass is 16.5. The van der Waals surface area contributed by atoms with Crippen LogP contribution in [-0.2, 0) is 9.53 Å². The van der Waals surface area contributed by atoms with E-state index in [0.717, 1.165) is 12.8 Å². The lowest BCUT2D eigenvalue weighted by Gasteiger charge is -2.36. The summed E-state index contributed by atoms with van der Waals surface area (Å²) in [5.41, 5.74) is 0. The van der Waals surface area contributed by atoms with E-state index in [-0.39, 0.29) is 24.5 Å². The summed E-state index contributed by atoms with van der Waals surface area (Å²) >= 11 is 0. The van der Waals surface area contributed by atoms with E-state index in [9.17, 15) is 9.90 Å². The molecule has 0 aromatic rings. The predicted octanol–water partition coefficient (Wildman–Crippen LogP) is 1.18. The molecule has 0 aromatic carbocycles. The van der Waals surface area contributed by atoms with Crippen LogP contribution in [0.3, 0.4) is 0 Å². The number of nitrogens with zero attached hydrogens (tertiary/aromatic N) is 1. The Kier molecular flexibility index (Phi) is 4.80. The molecule has 0 radical (unpaired) electrons. The number of aliphatic hydroxyl groups excluding tert-OH is 1. The van der Waals surface area contributed by atoms with E-state index in [4.69, 9.17) is 4.74 Å². The molecule has 0 aromatic heterocycles. The zero-order valence-corrected chi connectivity index (χ0v) is 10.4. The average Bonchev–Trinajstić information content (AvgIpc) is 2.66. The second-order valence-electron chi connectivity index (χ2n) is 5.13. The molecule has 98 valence electrons. The lowest BCUT2D eigenvalue weighted by molar-refractivity contribution is -0.146. The number of morpholine rings is 1. The number of ether oxygens (including phenoxy) is 1. The third-order valence-corrected chi connectivity index (χ3v) is 3.93. The Hall–Kier alpha value is -0.610. The average molecular weight is 241 g/mol. The van der Waals surface area contributed by atoms with Crippen molar-refractivity contribution in [1.82, 2.24) is 4.90 Å². The Bertz CT molecular complexity index is 249. The first-order valence-electron chi connectivity index (χ1n) is 6.82. The molecule has 1 amide bonds. The number of hydrogen-bond donors (Lipinski definition) is 1. The SMILES string of the molecule is O=C(C1CCCCCC1)N1CCOCC1CO. The Morgan fingerprint density at radius 3 is 2.59 bits per heavy atom. The number of carbonyl (C=O) groups is 1. The van der Waals surface area contributed by atoms with Crippen molar-refractivity contribution in [2.24, 2.45) is 5.92 Å². The van der Waals surface area contributed by atoms with Gasteiger partial charge >= 0.3 is 0 Å². The van der Waals surface area contributed by atoms with Crippen LogP contribution in [0.1, 0.15) is 38.5 Å². The summed E-state index contributed by atoms with van der Waals surface area (Å²) in [5.74, 6) is 0.430. The summed E-state index contributed by atoms with van der Waals surface area (Å²) in [5, 5.41) is 9.29. The van der Waals surface area contributed by atoms with Gasteiger partial charge in [-0.05, 0) is 12.8 Å². The number of rotatable bonds is 2. The molecule has 1 unspecified atom stereocenters. The summed E-state index contributed by atoms with van der Waals surface area (Å²) in [4.78, 5) is 14.3. The lowest BCUT2D eigenvalue weighted by atomic mass is 9.97. The molecule has 2 rings (SSSR count). The van der Waals surface area contributed by atoms with Gasteiger partial charge in [0.25, 0.3) is 0 Å². The Morgan fingerprint density at radius 2 is 1.94 bits per heavy atom. The minimum atomic E-state index is -0.125. The van der Waals surface area contributed by atoms with Crippen molar-refractivity contribution in [2.75, 3.05) is 26.4 Å². The van der Waals surface area contributed by atoms with E-state index >= 15 is 0 Å². The highest BCUT2D eigenvalue weighted by molar-refractivity contribution is 5.79. The smallest absolute Gasteiger partial charge is 0.226 e. The van der Waals surface area contributed by atoms with E-state index < -0.39 is 0 Å². The third kappa shape index (κ3) is 3.19. The standard InChI is InChI=1S/C13H23NO3/c15-9-12-10-17-8-7-14(12)13(16)11-5-3-1-2-4-6-11/h11-12,15H,1-10H2. The number of amides is 1. The molecular formula is C13H23NO3. The molecule has 1 aliphatic carbocycles. The second-order valence-corrected chi connectivity index (χ2v) is 5.13. The van der Waals surface area contributed by atoms with Crippen LogP contribution in [-0.4, -0.2) is 48.3 Å². The van der Waals surface area contributed by atoms with Gasteiger partial charge in [-0.3, -0.25) is 4.79 Å². The van der Waals surface area contributed by atoms with Crippen LogP contribution in [0.15, 0.2) is 0 Å². The van der Waals surface area contributed by atoms with Crippen LogP contribution in [0.25, 0.3) is 0 Å². The second kappa shape index (κ2) is 6.36. The quantitative estimate of drug-likeness (QED) is 0.738. The molecule has 1 heterocycles. The molecular weight excluding hydrogens is 218 g/mol. The zero-order valence-electron chi connectivity index (χ0n) is 10.4. The van der Waals surface area contributed by atoms with Crippen LogP contribution in [0.5, 0.6) is 0 Å². The van der Waals surface area contributed by atoms with Crippen LogP contribution in [0, 0.1) is 5.92 Å². The molecule has 1 aliphatic heterocycles. The van der Waals surface area contributed by atoms with Crippen LogP contribution >= 0.6 is 0 Å². The van der Waals surface area contributed by atoms with Gasteiger partial charge in [-0.15, -0.1) is 0 Å². The number of aliphatic hydroxyl groups is 1. The van der Waals surface area contributed by atoms with Crippen molar-refractivity contribution in [1.29, 1.82) is 0 Å². The molecule has 2 fully saturated rings. The van der Waals surface area contributed by atoms with Gasteiger partial charge in [0.1, 0.15) is 0 Å². The Morgan fingerprint density at radius 1 is 1.24 bits per heavy atom. The molecule has 1 saturated carbocycles. The van der Waals surface area contributed by atoms with E-state index in [1.807, 2.05) is 4.90 Å². The van der Waals surface area contributed by atoms with Gasteiger partial charge in [-0.25, -0.2) is 0 Å². The maximum Gasteiger partial charge on any atom is 0.226 e. The molecule has 4 heteroatoms. The maximum absolute atomic E-state index is 12.4. The lowest BCUT2D eigenvalue weighted by Crippen LogP contribution is -2.52. The van der Waals surface area contributed by atoms with Gasteiger partial charge in [0.15, 0.2) is 0 Å². The van der Waals surface area contributed by atoms with Gasteiger partial charge in [0.05, 0.1) is 25.9 Å². The van der Waals surface area contributed by atoms with Gasteiger partial charge in [0.2, 0.25) is 5.91 Å². The van der Waals surface area contributed by atoms with Crippen molar-refractivity contribution in [3.63, 3.8) is 0 Å². The first-order valence-corrected chi connectivity index (χ1v) is 6.82. The summed E-state index contributed by atoms with van der Waals surface area (Å²) in [6, 6.07) is -0.125. The van der Waals surface area contributed by atoms with Crippen molar-refractivity contribution < 1.29 is 14.6 Å². The highest BCUT2D eigenvalue weighted by Crippen LogP contribution is 2.25. The summed E-state index contributed by atoms with van der Waals surface area (Å²) in [7, 11) is 0. The van der Waals surface area contributed by atoms with E-state index in [2.05, 4.69) is 0 Å². The van der Waals surface area contributed by atoms with Gasteiger partial charge in [0, 0.05) is 12.5 Å². The molecule has 2 aliphatic rings. The van der Waals surface area contributed by atoms with Crippen molar-refractivity contribution in [3.8, 4) is 0 Å². The van der Waals surface area contributed by atoms with Crippen LogP contribution < -0.4 is 0 Å². The first kappa shape index (κ1) is 12.8. The van der Waals surface area contributed by atoms with E-state index in [0.29, 0.717) is 19.8 Å². The van der Waals surface area contributed by atoms with Crippen LogP contribution in [0.4, 0.5) is 0 Å². The highest BCUT2D eigenvalue weighted by Gasteiger charge is 2.31. The fraction of sp³-hybridized carbons (Fsp3) is 0.923. The Labute approximate surface area is 103 Å². The molecule has 1 N–H and O–H groups in total. The molecule has 0 spiro atoms. The Balaban J connectivity index is 1.96. The molecule has 4 nitrogen and oxygen atoms in total. The predicted molar refractivity (Wildman–Crippen MR) is 64.6 cm³/mol. The van der Waals surface area contributed by atoms with Gasteiger partial charge in [-0.1, -0.05) is 25.7 Å². The fourth-order valence-corrected chi connectivity index (χ4v) is 2.86. The van der Waals surface area contributed by atoms with Crippen molar-refractivity contribution in [2.45, 2.75) is 44.6 Å². The van der Waals surface area contributed by atoms with E-state index in [1.165, 1.54) is 25.7 Å². The monoisotopic (exact) mass is 241 g/mol. The molecule has 1 atom stereocenters. The zero-order chi connectivity index (χ0) is 12.1. The van der Waals surface area contributed by atoms with Gasteiger partial charge in [-0.2, -0.15) is 0 Å². The minimum absolute atomic E-state index is 0.0124. The largest absolute Gasteiger partial charge is 0.394 e. The van der Waals surface area contributed by atoms with Crippen molar-refractivity contribution in [3.05, 3.63) is 0 Å². The van der Waals surface area contributed by atoms with Crippen LogP contribution in [0.2, 0.25) is 0 Å². The molecule has 1 saturated heterocycles. The molecule has 0 bridgehead atoms. The topological polar surface area (TPSA) is 49.8 Å². The molecule has 17 heavy (non-hydrogen) atoms. The van der Waals surface area contributed by atoms with E-state index in [1.54, 1.807) is 0 Å². The summed E-state index contributed by atoms with van der Waals surface area (Å²) in [6.45, 7) is 1.74. The number of hydrogen-bond acceptors (Lipinski definition) is 3. The minimum Gasteiger partial charge on any atom is -0.394 e. The van der Waals surface area contributed by atoms with Crippen molar-refractivity contribution >= 4 is 5.91 Å². The maximum atomic E-state index is 12.4. The summed E-state index contributed by atoms with van der Waals surface area (Å²) < 4.78 is 5.31. The first-order chi connectivity index (χ1) is 8.33. The summed E-state index contributed by atoms with van der Waals surface area (Å²) in [6.07, 6.45) is 6.91. The number of carbonyl (C=O) groups excluding carboxylic acids is 1. The fourth-order valence-electron chi connectivity index (χ4n) is 2.86. The van der Waals surface area contributed by atoms with Gasteiger partial charge < -0.3 is 14.7 Å². The normalized spacial score (nSPS) is 27.8.